The molecule has 10 heteroatoms. The first-order valence-electron chi connectivity index (χ1n) is 9.47. The minimum Gasteiger partial charge on any atom is -0.449 e. The van der Waals surface area contributed by atoms with E-state index in [0.29, 0.717) is 15.6 Å². The van der Waals surface area contributed by atoms with Crippen LogP contribution in [-0.2, 0) is 4.74 Å². The Morgan fingerprint density at radius 1 is 1.30 bits per heavy atom. The zero-order valence-electron chi connectivity index (χ0n) is 17.1. The maximum Gasteiger partial charge on any atom is 0.417 e. The van der Waals surface area contributed by atoms with Crippen LogP contribution in [0, 0.1) is 6.92 Å². The number of halogens is 3. The molecule has 0 saturated carbocycles. The second-order valence-corrected chi connectivity index (χ2v) is 7.61. The van der Waals surface area contributed by atoms with E-state index in [-0.39, 0.29) is 23.7 Å². The van der Waals surface area contributed by atoms with Gasteiger partial charge in [0.05, 0.1) is 12.3 Å². The first-order chi connectivity index (χ1) is 14.2. The van der Waals surface area contributed by atoms with Crippen molar-refractivity contribution in [3.63, 3.8) is 0 Å². The molecule has 1 aliphatic rings. The molecular formula is C20H23F3N4O2S. The van der Waals surface area contributed by atoms with Crippen LogP contribution in [0.15, 0.2) is 35.6 Å². The number of amides is 1. The van der Waals surface area contributed by atoms with Crippen molar-refractivity contribution >= 4 is 29.4 Å². The van der Waals surface area contributed by atoms with Crippen LogP contribution in [0.5, 0.6) is 0 Å². The van der Waals surface area contributed by atoms with Crippen LogP contribution in [0.1, 0.15) is 37.4 Å². The molecule has 0 radical (unpaired) electrons. The number of carbonyl (C=O) groups excluding carboxylic acids is 1. The summed E-state index contributed by atoms with van der Waals surface area (Å²) >= 11 is 1.25. The number of nitrogens with zero attached hydrogens (tertiary/aromatic N) is 3. The fourth-order valence-corrected chi connectivity index (χ4v) is 3.88. The van der Waals surface area contributed by atoms with Crippen molar-refractivity contribution in [3.8, 4) is 0 Å². The molecule has 6 nitrogen and oxygen atoms in total. The fourth-order valence-electron chi connectivity index (χ4n) is 3.53. The molecule has 1 amide bonds. The minimum absolute atomic E-state index is 0.0333. The number of rotatable bonds is 5. The second kappa shape index (κ2) is 8.33. The van der Waals surface area contributed by atoms with Crippen LogP contribution in [0.4, 0.5) is 29.5 Å². The van der Waals surface area contributed by atoms with E-state index in [2.05, 4.69) is 15.3 Å². The number of benzene rings is 1. The van der Waals surface area contributed by atoms with E-state index in [1.165, 1.54) is 50.0 Å². The van der Waals surface area contributed by atoms with Gasteiger partial charge in [-0.05, 0) is 32.2 Å². The molecule has 0 spiro atoms. The summed E-state index contributed by atoms with van der Waals surface area (Å²) < 4.78 is 52.3. The van der Waals surface area contributed by atoms with Crippen molar-refractivity contribution in [1.29, 1.82) is 0 Å². The number of thioether (sulfide) groups is 1. The molecule has 3 rings (SSSR count). The highest BCUT2D eigenvalue weighted by atomic mass is 32.2. The summed E-state index contributed by atoms with van der Waals surface area (Å²) in [6.07, 6.45) is 1.40. The Hall–Kier alpha value is -2.49. The molecule has 1 aliphatic heterocycles. The first kappa shape index (κ1) is 22.2. The van der Waals surface area contributed by atoms with E-state index in [0.717, 1.165) is 0 Å². The van der Waals surface area contributed by atoms with Crippen LogP contribution in [-0.4, -0.2) is 40.6 Å². The lowest BCUT2D eigenvalue weighted by atomic mass is 9.83. The van der Waals surface area contributed by atoms with E-state index in [1.54, 1.807) is 19.2 Å². The first-order valence-corrected chi connectivity index (χ1v) is 10.7. The van der Waals surface area contributed by atoms with Crippen molar-refractivity contribution in [1.82, 2.24) is 9.97 Å². The monoisotopic (exact) mass is 440 g/mol. The number of carbonyl (C=O) groups is 1. The van der Waals surface area contributed by atoms with Gasteiger partial charge in [0.15, 0.2) is 5.16 Å². The minimum atomic E-state index is -3.99. The van der Waals surface area contributed by atoms with Gasteiger partial charge in [0.1, 0.15) is 11.9 Å². The van der Waals surface area contributed by atoms with Crippen molar-refractivity contribution < 1.29 is 22.7 Å². The summed E-state index contributed by atoms with van der Waals surface area (Å²) in [5, 5.41) is 3.06. The molecule has 1 N–H and O–H groups in total. The number of hydrogen-bond donors (Lipinski definition) is 1. The quantitative estimate of drug-likeness (QED) is 0.384. The molecule has 0 fully saturated rings. The summed E-state index contributed by atoms with van der Waals surface area (Å²) in [4.78, 5) is 21.2. The zero-order chi connectivity index (χ0) is 22.1. The van der Waals surface area contributed by atoms with E-state index in [9.17, 15) is 4.79 Å². The average Bonchev–Trinajstić information content (AvgIpc) is 2.72. The van der Waals surface area contributed by atoms with Gasteiger partial charge >= 0.3 is 12.0 Å². The SMILES string of the molecule is CCOC(=O)N1c2ccc(C)cc2[C@H](Nc2ccnc(SC)n2)C(F)(F)[C@]1(F)CC. The second-order valence-electron chi connectivity index (χ2n) is 6.84. The largest absolute Gasteiger partial charge is 0.449 e. The number of fused-ring (bicyclic) bond motifs is 1. The van der Waals surface area contributed by atoms with Gasteiger partial charge in [0, 0.05) is 18.2 Å². The molecule has 2 aromatic rings. The maximum atomic E-state index is 16.0. The molecule has 2 heterocycles. The van der Waals surface area contributed by atoms with Gasteiger partial charge < -0.3 is 10.1 Å². The Morgan fingerprint density at radius 2 is 2.03 bits per heavy atom. The molecule has 0 unspecified atom stereocenters. The van der Waals surface area contributed by atoms with Crippen LogP contribution < -0.4 is 10.2 Å². The highest BCUT2D eigenvalue weighted by Crippen LogP contribution is 2.55. The lowest BCUT2D eigenvalue weighted by Crippen LogP contribution is -2.65. The number of alkyl halides is 3. The number of ether oxygens (including phenoxy) is 1. The number of hydrogen-bond acceptors (Lipinski definition) is 6. The average molecular weight is 440 g/mol. The Bertz CT molecular complexity index is 946. The van der Waals surface area contributed by atoms with Crippen molar-refractivity contribution in [2.24, 2.45) is 0 Å². The predicted molar refractivity (Wildman–Crippen MR) is 110 cm³/mol. The van der Waals surface area contributed by atoms with Gasteiger partial charge in [0.25, 0.3) is 5.79 Å². The fraction of sp³-hybridized carbons (Fsp3) is 0.450. The van der Waals surface area contributed by atoms with Crippen molar-refractivity contribution in [2.75, 3.05) is 23.1 Å². The third kappa shape index (κ3) is 3.57. The van der Waals surface area contributed by atoms with Crippen molar-refractivity contribution in [2.45, 2.75) is 50.1 Å². The Morgan fingerprint density at radius 3 is 2.67 bits per heavy atom. The Kier molecular flexibility index (Phi) is 6.16. The van der Waals surface area contributed by atoms with E-state index in [1.807, 2.05) is 0 Å². The summed E-state index contributed by atoms with van der Waals surface area (Å²) in [5.74, 6) is -7.15. The van der Waals surface area contributed by atoms with Crippen LogP contribution >= 0.6 is 11.8 Å². The van der Waals surface area contributed by atoms with Gasteiger partial charge in [0.2, 0.25) is 0 Å². The lowest BCUT2D eigenvalue weighted by molar-refractivity contribution is -0.155. The molecule has 1 aromatic carbocycles. The van der Waals surface area contributed by atoms with E-state index < -0.39 is 30.3 Å². The van der Waals surface area contributed by atoms with Gasteiger partial charge in [-0.2, -0.15) is 8.78 Å². The van der Waals surface area contributed by atoms with Gasteiger partial charge in [-0.1, -0.05) is 36.4 Å². The zero-order valence-corrected chi connectivity index (χ0v) is 17.9. The van der Waals surface area contributed by atoms with Gasteiger partial charge in [-0.25, -0.2) is 24.1 Å². The third-order valence-corrected chi connectivity index (χ3v) is 5.55. The number of anilines is 2. The molecule has 0 saturated heterocycles. The number of nitrogens with one attached hydrogen (secondary N) is 1. The maximum absolute atomic E-state index is 16.0. The van der Waals surface area contributed by atoms with Crippen molar-refractivity contribution in [3.05, 3.63) is 41.6 Å². The molecule has 30 heavy (non-hydrogen) atoms. The smallest absolute Gasteiger partial charge is 0.417 e. The molecule has 162 valence electrons. The summed E-state index contributed by atoms with van der Waals surface area (Å²) in [5.41, 5.74) is 0.806. The molecule has 0 bridgehead atoms. The van der Waals surface area contributed by atoms with E-state index >= 15 is 13.2 Å². The predicted octanol–water partition coefficient (Wildman–Crippen LogP) is 5.35. The van der Waals surface area contributed by atoms with E-state index in [4.69, 9.17) is 4.74 Å². The van der Waals surface area contributed by atoms with Gasteiger partial charge in [-0.15, -0.1) is 0 Å². The number of aryl methyl sites for hydroxylation is 1. The molecule has 0 aliphatic carbocycles. The number of aromatic nitrogens is 2. The van der Waals surface area contributed by atoms with Crippen LogP contribution in [0.25, 0.3) is 0 Å². The topological polar surface area (TPSA) is 67.3 Å². The van der Waals surface area contributed by atoms with Gasteiger partial charge in [-0.3, -0.25) is 0 Å². The van der Waals surface area contributed by atoms with Crippen LogP contribution in [0.2, 0.25) is 0 Å². The lowest BCUT2D eigenvalue weighted by Gasteiger charge is -2.49. The summed E-state index contributed by atoms with van der Waals surface area (Å²) in [6.45, 7) is 4.47. The van der Waals surface area contributed by atoms with Crippen LogP contribution in [0.3, 0.4) is 0 Å². The molecule has 1 aromatic heterocycles. The highest BCUT2D eigenvalue weighted by molar-refractivity contribution is 7.98. The highest BCUT2D eigenvalue weighted by Gasteiger charge is 2.68. The Labute approximate surface area is 177 Å². The Balaban J connectivity index is 2.19. The third-order valence-electron chi connectivity index (χ3n) is 4.99. The standard InChI is InChI=1S/C20H23F3N4O2S/c1-5-19(21)20(22,23)16(25-15-9-10-24-17(26-15)30-4)13-11-12(3)7-8-14(13)27(19)18(28)29-6-2/h7-11,16H,5-6H2,1-4H3,(H,24,25,26)/t16-,19-/m0/s1. The molecule has 2 atom stereocenters. The summed E-state index contributed by atoms with van der Waals surface area (Å²) in [6, 6.07) is 4.29. The normalized spacial score (nSPS) is 22.4. The summed E-state index contributed by atoms with van der Waals surface area (Å²) in [7, 11) is 0. The molecular weight excluding hydrogens is 417 g/mol.